The number of rotatable bonds is 10. The maximum absolute atomic E-state index is 13.7. The van der Waals surface area contributed by atoms with Crippen molar-refractivity contribution >= 4 is 26.8 Å². The fraction of sp³-hybridized carbons (Fsp3) is 0.464. The Balaban J connectivity index is 1.38. The van der Waals surface area contributed by atoms with Crippen LogP contribution >= 0.6 is 0 Å². The minimum Gasteiger partial charge on any atom is -0.361 e. The Labute approximate surface area is 232 Å². The second kappa shape index (κ2) is 10.3. The molecular weight excluding hydrogens is 528 g/mol. The summed E-state index contributed by atoms with van der Waals surface area (Å²) in [5, 5.41) is 3.15. The summed E-state index contributed by atoms with van der Waals surface area (Å²) in [4.78, 5) is 41.3. The van der Waals surface area contributed by atoms with Gasteiger partial charge in [-0.2, -0.15) is 0 Å². The van der Waals surface area contributed by atoms with Crippen molar-refractivity contribution in [3.63, 3.8) is 0 Å². The van der Waals surface area contributed by atoms with E-state index in [4.69, 9.17) is 9.97 Å². The second-order valence-corrected chi connectivity index (χ2v) is 12.8. The summed E-state index contributed by atoms with van der Waals surface area (Å²) in [7, 11) is -3.38. The van der Waals surface area contributed by atoms with Crippen LogP contribution in [0.4, 0.5) is 5.82 Å². The molecule has 0 spiro atoms. The van der Waals surface area contributed by atoms with E-state index < -0.39 is 9.84 Å². The summed E-state index contributed by atoms with van der Waals surface area (Å²) in [5.41, 5.74) is 4.36. The highest BCUT2D eigenvalue weighted by Crippen LogP contribution is 2.48. The number of sulfone groups is 1. The summed E-state index contributed by atoms with van der Waals surface area (Å²) >= 11 is 0. The Morgan fingerprint density at radius 3 is 2.25 bits per heavy atom. The third kappa shape index (κ3) is 4.96. The molecule has 0 radical (unpaired) electrons. The monoisotopic (exact) mass is 560 g/mol. The van der Waals surface area contributed by atoms with Crippen molar-refractivity contribution < 1.29 is 8.42 Å². The largest absolute Gasteiger partial charge is 0.361 e. The minimum absolute atomic E-state index is 0.0152. The van der Waals surface area contributed by atoms with Crippen LogP contribution in [0.5, 0.6) is 0 Å². The summed E-state index contributed by atoms with van der Waals surface area (Å²) < 4.78 is 25.8. The average molecular weight is 561 g/mol. The summed E-state index contributed by atoms with van der Waals surface area (Å²) in [6, 6.07) is 3.04. The van der Waals surface area contributed by atoms with Gasteiger partial charge in [-0.3, -0.25) is 9.36 Å². The first-order chi connectivity index (χ1) is 19.3. The standard InChI is InChI=1S/C28H32N8O3S/c1-4-16(3)36-27-20(34-26(28(36)37)30-13-17-6-11-21(29-12-17)40(38,39)5-2)14-31-25(35-27)22-23(18-7-8-18)32-15-33-24(22)19-9-10-19/h6,11-12,14-16,18-19H,4-5,7-10,13H2,1-3H3,(H,30,34). The SMILES string of the molecule is CCC(C)n1c(=O)c(NCc2ccc(S(=O)(=O)CC)nc2)nc2cnc(-c3c(C4CC4)ncnc3C3CC3)nc21. The Hall–Kier alpha value is -3.80. The van der Waals surface area contributed by atoms with Gasteiger partial charge in [-0.1, -0.05) is 19.9 Å². The summed E-state index contributed by atoms with van der Waals surface area (Å²) in [5.74, 6) is 1.51. The van der Waals surface area contributed by atoms with Crippen molar-refractivity contribution in [3.8, 4) is 11.4 Å². The molecule has 12 heteroatoms. The maximum Gasteiger partial charge on any atom is 0.295 e. The van der Waals surface area contributed by atoms with Crippen LogP contribution < -0.4 is 10.9 Å². The van der Waals surface area contributed by atoms with Gasteiger partial charge < -0.3 is 5.32 Å². The van der Waals surface area contributed by atoms with Crippen molar-refractivity contribution in [1.82, 2.24) is 34.5 Å². The van der Waals surface area contributed by atoms with Gasteiger partial charge >= 0.3 is 0 Å². The number of nitrogens with zero attached hydrogens (tertiary/aromatic N) is 7. The maximum atomic E-state index is 13.7. The molecule has 0 bridgehead atoms. The molecule has 4 aromatic rings. The van der Waals surface area contributed by atoms with Crippen LogP contribution in [0.1, 0.15) is 87.7 Å². The summed E-state index contributed by atoms with van der Waals surface area (Å²) in [6.07, 6.45) is 9.95. The van der Waals surface area contributed by atoms with E-state index in [-0.39, 0.29) is 34.7 Å². The van der Waals surface area contributed by atoms with Crippen LogP contribution in [0.25, 0.3) is 22.6 Å². The van der Waals surface area contributed by atoms with Crippen LogP contribution in [0.2, 0.25) is 0 Å². The molecule has 40 heavy (non-hydrogen) atoms. The Morgan fingerprint density at radius 2 is 1.68 bits per heavy atom. The van der Waals surface area contributed by atoms with Gasteiger partial charge in [-0.05, 0) is 50.7 Å². The lowest BCUT2D eigenvalue weighted by Gasteiger charge is -2.18. The molecule has 1 atom stereocenters. The van der Waals surface area contributed by atoms with Gasteiger partial charge in [0.25, 0.3) is 5.56 Å². The molecule has 0 aliphatic heterocycles. The number of pyridine rings is 1. The third-order valence-electron chi connectivity index (χ3n) is 7.68. The van der Waals surface area contributed by atoms with Crippen LogP contribution in [-0.2, 0) is 16.4 Å². The van der Waals surface area contributed by atoms with Crippen molar-refractivity contribution in [2.45, 2.75) is 82.3 Å². The molecule has 2 saturated carbocycles. The number of fused-ring (bicyclic) bond motifs is 1. The molecule has 1 unspecified atom stereocenters. The van der Waals surface area contributed by atoms with Crippen molar-refractivity contribution in [3.05, 3.63) is 58.2 Å². The van der Waals surface area contributed by atoms with Crippen LogP contribution in [-0.4, -0.2) is 48.6 Å². The topological polar surface area (TPSA) is 146 Å². The molecule has 4 aromatic heterocycles. The molecule has 11 nitrogen and oxygen atoms in total. The van der Waals surface area contributed by atoms with Gasteiger partial charge in [-0.25, -0.2) is 38.3 Å². The van der Waals surface area contributed by atoms with Crippen LogP contribution in [0, 0.1) is 0 Å². The molecular formula is C28H32N8O3S. The van der Waals surface area contributed by atoms with Gasteiger partial charge in [0.15, 0.2) is 32.2 Å². The predicted molar refractivity (Wildman–Crippen MR) is 151 cm³/mol. The summed E-state index contributed by atoms with van der Waals surface area (Å²) in [6.45, 7) is 5.85. The fourth-order valence-electron chi connectivity index (χ4n) is 4.84. The Morgan fingerprint density at radius 1 is 0.975 bits per heavy atom. The van der Waals surface area contributed by atoms with E-state index >= 15 is 0 Å². The van der Waals surface area contributed by atoms with Gasteiger partial charge in [-0.15, -0.1) is 0 Å². The molecule has 6 rings (SSSR count). The first-order valence-electron chi connectivity index (χ1n) is 13.9. The highest BCUT2D eigenvalue weighted by Gasteiger charge is 2.35. The molecule has 0 saturated heterocycles. The van der Waals surface area contributed by atoms with Gasteiger partial charge in [0.2, 0.25) is 0 Å². The third-order valence-corrected chi connectivity index (χ3v) is 9.32. The Bertz CT molecular complexity index is 1720. The van der Waals surface area contributed by atoms with E-state index in [1.807, 2.05) is 13.8 Å². The molecule has 2 aliphatic carbocycles. The van der Waals surface area contributed by atoms with Crippen molar-refractivity contribution in [1.29, 1.82) is 0 Å². The van der Waals surface area contributed by atoms with E-state index in [0.29, 0.717) is 28.8 Å². The minimum atomic E-state index is -3.38. The van der Waals surface area contributed by atoms with E-state index in [1.165, 1.54) is 12.3 Å². The highest BCUT2D eigenvalue weighted by molar-refractivity contribution is 7.91. The molecule has 2 fully saturated rings. The van der Waals surface area contributed by atoms with Crippen LogP contribution in [0.3, 0.4) is 0 Å². The van der Waals surface area contributed by atoms with Gasteiger partial charge in [0.05, 0.1) is 28.9 Å². The van der Waals surface area contributed by atoms with Gasteiger partial charge in [0, 0.05) is 30.6 Å². The van der Waals surface area contributed by atoms with Crippen molar-refractivity contribution in [2.24, 2.45) is 0 Å². The predicted octanol–water partition coefficient (Wildman–Crippen LogP) is 4.17. The number of anilines is 1. The number of aromatic nitrogens is 7. The first-order valence-corrected chi connectivity index (χ1v) is 15.5. The lowest BCUT2D eigenvalue weighted by Crippen LogP contribution is -2.28. The quantitative estimate of drug-likeness (QED) is 0.300. The lowest BCUT2D eigenvalue weighted by molar-refractivity contribution is 0.526. The molecule has 0 amide bonds. The molecule has 1 N–H and O–H groups in total. The van der Waals surface area contributed by atoms with E-state index in [0.717, 1.165) is 54.6 Å². The normalized spacial score (nSPS) is 16.3. The average Bonchev–Trinajstić information content (AvgIpc) is 3.89. The van der Waals surface area contributed by atoms with E-state index in [1.54, 1.807) is 30.1 Å². The zero-order valence-corrected chi connectivity index (χ0v) is 23.6. The fourth-order valence-corrected chi connectivity index (χ4v) is 5.62. The molecule has 2 aliphatic rings. The van der Waals surface area contributed by atoms with Gasteiger partial charge in [0.1, 0.15) is 11.8 Å². The zero-order valence-electron chi connectivity index (χ0n) is 22.8. The van der Waals surface area contributed by atoms with E-state index in [9.17, 15) is 13.2 Å². The molecule has 208 valence electrons. The van der Waals surface area contributed by atoms with Crippen LogP contribution in [0.15, 0.2) is 40.7 Å². The number of hydrogen-bond acceptors (Lipinski definition) is 10. The number of hydrogen-bond donors (Lipinski definition) is 1. The van der Waals surface area contributed by atoms with Crippen molar-refractivity contribution in [2.75, 3.05) is 11.1 Å². The smallest absolute Gasteiger partial charge is 0.295 e. The molecule has 4 heterocycles. The molecule has 0 aromatic carbocycles. The highest BCUT2D eigenvalue weighted by atomic mass is 32.2. The number of nitrogens with one attached hydrogen (secondary N) is 1. The lowest BCUT2D eigenvalue weighted by atomic mass is 10.0. The van der Waals surface area contributed by atoms with E-state index in [2.05, 4.69) is 25.3 Å². The second-order valence-electron chi connectivity index (χ2n) is 10.6. The zero-order chi connectivity index (χ0) is 28.0. The first kappa shape index (κ1) is 26.4. The Kier molecular flexibility index (Phi) is 6.81.